The van der Waals surface area contributed by atoms with Crippen molar-refractivity contribution in [1.29, 1.82) is 0 Å². The first kappa shape index (κ1) is 6.76. The molecule has 7 heavy (non-hydrogen) atoms. The van der Waals surface area contributed by atoms with Crippen LogP contribution in [-0.4, -0.2) is 15.0 Å². The molecule has 0 unspecified atom stereocenters. The molecule has 0 aliphatic rings. The summed E-state index contributed by atoms with van der Waals surface area (Å²) in [5, 5.41) is 6.94. The summed E-state index contributed by atoms with van der Waals surface area (Å²) in [6.07, 6.45) is 4.18. The van der Waals surface area contributed by atoms with Crippen molar-refractivity contribution in [2.45, 2.75) is 0 Å². The van der Waals surface area contributed by atoms with Gasteiger partial charge in [-0.1, -0.05) is 0 Å². The van der Waals surface area contributed by atoms with Crippen molar-refractivity contribution >= 4 is 0 Å². The second-order valence-electron chi connectivity index (χ2n) is 1.02. The number of nitrogens with zero attached hydrogens (tertiary/aromatic N) is 3. The number of aromatic nitrogens is 3. The van der Waals surface area contributed by atoms with Gasteiger partial charge in [-0.25, -0.2) is 0 Å². The van der Waals surface area contributed by atoms with E-state index in [4.69, 9.17) is 0 Å². The smallest absolute Gasteiger partial charge is 0.0280 e. The standard InChI is InChI=1S/C3H4N3.Rh/c1-6-3-2-4-5-6;/h3H,1H3;/q-1;. The van der Waals surface area contributed by atoms with Crippen LogP contribution in [0.1, 0.15) is 0 Å². The van der Waals surface area contributed by atoms with Crippen molar-refractivity contribution in [2.24, 2.45) is 7.05 Å². The van der Waals surface area contributed by atoms with E-state index in [0.717, 1.165) is 0 Å². The summed E-state index contributed by atoms with van der Waals surface area (Å²) in [6, 6.07) is 0. The van der Waals surface area contributed by atoms with Gasteiger partial charge in [0.25, 0.3) is 0 Å². The largest absolute Gasteiger partial charge is 0.352 e. The number of hydrogen-bond acceptors (Lipinski definition) is 2. The molecule has 0 N–H and O–H groups in total. The Balaban J connectivity index is 0.000000360. The van der Waals surface area contributed by atoms with Gasteiger partial charge in [0.1, 0.15) is 0 Å². The molecule has 0 saturated heterocycles. The average molecular weight is 185 g/mol. The zero-order valence-electron chi connectivity index (χ0n) is 3.75. The number of hydrogen-bond donors (Lipinski definition) is 0. The number of aryl methyl sites for hydroxylation is 1. The van der Waals surface area contributed by atoms with E-state index in [9.17, 15) is 0 Å². The summed E-state index contributed by atoms with van der Waals surface area (Å²) >= 11 is 0. The molecule has 0 aliphatic carbocycles. The van der Waals surface area contributed by atoms with Gasteiger partial charge in [0.15, 0.2) is 0 Å². The maximum absolute atomic E-state index is 3.53. The van der Waals surface area contributed by atoms with E-state index < -0.39 is 0 Å². The summed E-state index contributed by atoms with van der Waals surface area (Å²) in [7, 11) is 1.80. The predicted molar refractivity (Wildman–Crippen MR) is 19.8 cm³/mol. The van der Waals surface area contributed by atoms with Gasteiger partial charge in [0.2, 0.25) is 0 Å². The van der Waals surface area contributed by atoms with Gasteiger partial charge in [-0.05, 0) is 0 Å². The molecule has 1 rings (SSSR count). The topological polar surface area (TPSA) is 30.7 Å². The van der Waals surface area contributed by atoms with Crippen LogP contribution in [0.15, 0.2) is 6.20 Å². The molecule has 3 nitrogen and oxygen atoms in total. The molecule has 4 heteroatoms. The van der Waals surface area contributed by atoms with Crippen molar-refractivity contribution < 1.29 is 19.5 Å². The molecule has 1 aromatic rings. The molecule has 1 heterocycles. The summed E-state index contributed by atoms with van der Waals surface area (Å²) < 4.78 is 1.58. The molecule has 1 aromatic heterocycles. The Morgan fingerprint density at radius 3 is 2.57 bits per heavy atom. The molecule has 0 aliphatic heterocycles. The van der Waals surface area contributed by atoms with E-state index >= 15 is 0 Å². The molecule has 41 valence electrons. The second kappa shape index (κ2) is 2.86. The molecular formula is C3H4N3Rh-. The Morgan fingerprint density at radius 2 is 2.43 bits per heavy atom. The quantitative estimate of drug-likeness (QED) is 0.407. The van der Waals surface area contributed by atoms with Crippen LogP contribution < -0.4 is 0 Å². The monoisotopic (exact) mass is 185 g/mol. The fourth-order valence-electron chi connectivity index (χ4n) is 0.232. The van der Waals surface area contributed by atoms with E-state index in [1.807, 2.05) is 0 Å². The maximum Gasteiger partial charge on any atom is 0.0280 e. The van der Waals surface area contributed by atoms with Crippen molar-refractivity contribution in [2.75, 3.05) is 0 Å². The first-order chi connectivity index (χ1) is 2.89. The van der Waals surface area contributed by atoms with Crippen LogP contribution in [-0.2, 0) is 26.5 Å². The molecular weight excluding hydrogens is 181 g/mol. The molecule has 0 fully saturated rings. The van der Waals surface area contributed by atoms with Gasteiger partial charge in [-0.15, -0.1) is 11.4 Å². The van der Waals surface area contributed by atoms with Crippen LogP contribution in [0.4, 0.5) is 0 Å². The summed E-state index contributed by atoms with van der Waals surface area (Å²) in [4.78, 5) is 0. The third-order valence-electron chi connectivity index (χ3n) is 0.488. The summed E-state index contributed by atoms with van der Waals surface area (Å²) in [5.74, 6) is 0. The number of rotatable bonds is 0. The molecule has 1 radical (unpaired) electrons. The fraction of sp³-hybridized carbons (Fsp3) is 0.333. The molecule has 0 saturated carbocycles. The Labute approximate surface area is 54.5 Å². The first-order valence-corrected chi connectivity index (χ1v) is 1.62. The SMILES string of the molecule is Cn1c[c-]nn1.[Rh]. The van der Waals surface area contributed by atoms with Gasteiger partial charge in [-0.3, -0.25) is 4.68 Å². The van der Waals surface area contributed by atoms with Gasteiger partial charge in [0.05, 0.1) is 0 Å². The van der Waals surface area contributed by atoms with E-state index in [1.54, 1.807) is 17.9 Å². The van der Waals surface area contributed by atoms with E-state index in [-0.39, 0.29) is 19.5 Å². The van der Waals surface area contributed by atoms with Crippen LogP contribution in [0.2, 0.25) is 0 Å². The summed E-state index contributed by atoms with van der Waals surface area (Å²) in [6.45, 7) is 0. The Hall–Kier alpha value is -0.237. The molecule has 0 aromatic carbocycles. The minimum atomic E-state index is 0. The van der Waals surface area contributed by atoms with Crippen molar-refractivity contribution in [3.8, 4) is 0 Å². The third-order valence-corrected chi connectivity index (χ3v) is 0.488. The van der Waals surface area contributed by atoms with Gasteiger partial charge >= 0.3 is 0 Å². The Kier molecular flexibility index (Phi) is 2.76. The van der Waals surface area contributed by atoms with Gasteiger partial charge in [-0.2, -0.15) is 0 Å². The maximum atomic E-state index is 3.53. The van der Waals surface area contributed by atoms with Crippen molar-refractivity contribution in [3.63, 3.8) is 0 Å². The molecule has 0 atom stereocenters. The zero-order chi connectivity index (χ0) is 4.41. The average Bonchev–Trinajstić information content (AvgIpc) is 1.86. The van der Waals surface area contributed by atoms with Crippen LogP contribution in [0.5, 0.6) is 0 Å². The van der Waals surface area contributed by atoms with E-state index in [0.29, 0.717) is 0 Å². The van der Waals surface area contributed by atoms with Crippen LogP contribution in [0.25, 0.3) is 0 Å². The summed E-state index contributed by atoms with van der Waals surface area (Å²) in [5.41, 5.74) is 0. The van der Waals surface area contributed by atoms with Crippen LogP contribution >= 0.6 is 0 Å². The third kappa shape index (κ3) is 1.78. The van der Waals surface area contributed by atoms with E-state index in [1.165, 1.54) is 0 Å². The first-order valence-electron chi connectivity index (χ1n) is 1.62. The van der Waals surface area contributed by atoms with Gasteiger partial charge in [0, 0.05) is 26.5 Å². The minimum Gasteiger partial charge on any atom is -0.352 e. The van der Waals surface area contributed by atoms with Crippen molar-refractivity contribution in [1.82, 2.24) is 15.0 Å². The normalized spacial score (nSPS) is 7.57. The Bertz CT molecular complexity index is 114. The van der Waals surface area contributed by atoms with E-state index in [2.05, 4.69) is 16.5 Å². The fourth-order valence-corrected chi connectivity index (χ4v) is 0.232. The zero-order valence-corrected chi connectivity index (χ0v) is 5.39. The van der Waals surface area contributed by atoms with Gasteiger partial charge < -0.3 is 11.3 Å². The predicted octanol–water partition coefficient (Wildman–Crippen LogP) is -0.387. The van der Waals surface area contributed by atoms with Crippen LogP contribution in [0.3, 0.4) is 0 Å². The van der Waals surface area contributed by atoms with Crippen molar-refractivity contribution in [3.05, 3.63) is 12.4 Å². The van der Waals surface area contributed by atoms with Crippen LogP contribution in [0, 0.1) is 6.20 Å². The molecule has 0 spiro atoms. The Morgan fingerprint density at radius 1 is 1.71 bits per heavy atom. The molecule has 0 amide bonds. The minimum absolute atomic E-state index is 0. The second-order valence-corrected chi connectivity index (χ2v) is 1.02. The molecule has 0 bridgehead atoms.